The summed E-state index contributed by atoms with van der Waals surface area (Å²) in [6.07, 6.45) is 10.4. The molecule has 1 N–H and O–H groups in total. The minimum absolute atomic E-state index is 0.0975. The summed E-state index contributed by atoms with van der Waals surface area (Å²) in [7, 11) is 0. The number of unbranched alkanes of at least 4 members (excludes halogenated alkanes) is 4. The summed E-state index contributed by atoms with van der Waals surface area (Å²) in [4.78, 5) is 2.66. The van der Waals surface area contributed by atoms with Crippen LogP contribution in [0, 0.1) is 5.82 Å². The number of piperidine rings is 1. The van der Waals surface area contributed by atoms with E-state index in [2.05, 4.69) is 24.1 Å². The van der Waals surface area contributed by atoms with E-state index in [4.69, 9.17) is 0 Å². The van der Waals surface area contributed by atoms with Gasteiger partial charge >= 0.3 is 0 Å². The van der Waals surface area contributed by atoms with Crippen LogP contribution in [-0.4, -0.2) is 30.6 Å². The van der Waals surface area contributed by atoms with Crippen LogP contribution in [-0.2, 0) is 5.41 Å². The van der Waals surface area contributed by atoms with Crippen molar-refractivity contribution in [1.29, 1.82) is 0 Å². The van der Waals surface area contributed by atoms with E-state index in [-0.39, 0.29) is 11.2 Å². The Balaban J connectivity index is 1.51. The van der Waals surface area contributed by atoms with E-state index in [1.165, 1.54) is 44.1 Å². The number of likely N-dealkylation sites (tertiary alicyclic amines) is 1. The minimum Gasteiger partial charge on any atom is -0.384 e. The first-order valence-electron chi connectivity index (χ1n) is 9.92. The smallest absolute Gasteiger partial charge is 0.123 e. The fraction of sp³-hybridized carbons (Fsp3) is 0.714. The molecule has 2 aliphatic rings. The summed E-state index contributed by atoms with van der Waals surface area (Å²) in [5, 5.41) is 3.50. The Morgan fingerprint density at radius 3 is 2.67 bits per heavy atom. The number of benzene rings is 1. The molecule has 1 fully saturated rings. The molecule has 0 bridgehead atoms. The van der Waals surface area contributed by atoms with Gasteiger partial charge in [-0.25, -0.2) is 4.39 Å². The molecule has 0 amide bonds. The SMILES string of the molecule is CCCCCCCC(C)N1CCC2(CC1)CNc1ccc(F)cc12. The highest BCUT2D eigenvalue weighted by Gasteiger charge is 2.42. The maximum atomic E-state index is 13.7. The maximum absolute atomic E-state index is 13.7. The predicted octanol–water partition coefficient (Wildman–Crippen LogP) is 5.33. The van der Waals surface area contributed by atoms with Gasteiger partial charge in [-0.2, -0.15) is 0 Å². The predicted molar refractivity (Wildman–Crippen MR) is 100 cm³/mol. The van der Waals surface area contributed by atoms with Crippen LogP contribution < -0.4 is 5.32 Å². The highest BCUT2D eigenvalue weighted by Crippen LogP contribution is 2.44. The number of rotatable bonds is 7. The molecule has 3 heteroatoms. The van der Waals surface area contributed by atoms with E-state index in [9.17, 15) is 4.39 Å². The summed E-state index contributed by atoms with van der Waals surface area (Å²) in [5.41, 5.74) is 2.53. The number of hydrogen-bond donors (Lipinski definition) is 1. The van der Waals surface area contributed by atoms with Gasteiger partial charge in [0, 0.05) is 23.7 Å². The molecule has 3 rings (SSSR count). The van der Waals surface area contributed by atoms with Crippen molar-refractivity contribution in [3.63, 3.8) is 0 Å². The van der Waals surface area contributed by atoms with Gasteiger partial charge in [-0.05, 0) is 63.0 Å². The zero-order chi connectivity index (χ0) is 17.0. The largest absolute Gasteiger partial charge is 0.384 e. The number of nitrogens with one attached hydrogen (secondary N) is 1. The Morgan fingerprint density at radius 1 is 1.17 bits per heavy atom. The Labute approximate surface area is 146 Å². The molecule has 1 aromatic rings. The van der Waals surface area contributed by atoms with Crippen LogP contribution in [0.15, 0.2) is 18.2 Å². The molecule has 0 aliphatic carbocycles. The Hall–Kier alpha value is -1.09. The molecule has 24 heavy (non-hydrogen) atoms. The van der Waals surface area contributed by atoms with Crippen LogP contribution in [0.1, 0.15) is 70.8 Å². The van der Waals surface area contributed by atoms with Crippen molar-refractivity contribution in [2.45, 2.75) is 76.7 Å². The summed E-state index contributed by atoms with van der Waals surface area (Å²) in [6.45, 7) is 7.93. The molecule has 1 aromatic carbocycles. The van der Waals surface area contributed by atoms with E-state index >= 15 is 0 Å². The number of hydrogen-bond acceptors (Lipinski definition) is 2. The van der Waals surface area contributed by atoms with Crippen LogP contribution in [0.25, 0.3) is 0 Å². The van der Waals surface area contributed by atoms with Crippen LogP contribution in [0.3, 0.4) is 0 Å². The van der Waals surface area contributed by atoms with Gasteiger partial charge in [0.15, 0.2) is 0 Å². The number of anilines is 1. The quantitative estimate of drug-likeness (QED) is 0.679. The molecule has 2 heterocycles. The molecule has 2 nitrogen and oxygen atoms in total. The van der Waals surface area contributed by atoms with Crippen LogP contribution in [0.5, 0.6) is 0 Å². The van der Waals surface area contributed by atoms with Crippen molar-refractivity contribution in [3.8, 4) is 0 Å². The molecular formula is C21H33FN2. The highest BCUT2D eigenvalue weighted by molar-refractivity contribution is 5.60. The third kappa shape index (κ3) is 3.77. The van der Waals surface area contributed by atoms with Crippen LogP contribution in [0.2, 0.25) is 0 Å². The zero-order valence-corrected chi connectivity index (χ0v) is 15.4. The fourth-order valence-electron chi connectivity index (χ4n) is 4.53. The number of nitrogens with zero attached hydrogens (tertiary/aromatic N) is 1. The molecule has 2 aliphatic heterocycles. The topological polar surface area (TPSA) is 15.3 Å². The monoisotopic (exact) mass is 332 g/mol. The Morgan fingerprint density at radius 2 is 1.92 bits per heavy atom. The van der Waals surface area contributed by atoms with Gasteiger partial charge in [-0.3, -0.25) is 0 Å². The third-order valence-electron chi connectivity index (χ3n) is 6.27. The standard InChI is InChI=1S/C21H33FN2/c1-3-4-5-6-7-8-17(2)24-13-11-21(12-14-24)16-23-20-10-9-18(22)15-19(20)21/h9-10,15,17,23H,3-8,11-14,16H2,1-2H3. The van der Waals surface area contributed by atoms with Gasteiger partial charge in [-0.15, -0.1) is 0 Å². The van der Waals surface area contributed by atoms with E-state index in [1.807, 2.05) is 6.07 Å². The van der Waals surface area contributed by atoms with Crippen molar-refractivity contribution in [2.24, 2.45) is 0 Å². The van der Waals surface area contributed by atoms with E-state index in [0.717, 1.165) is 38.2 Å². The number of halogens is 1. The average Bonchev–Trinajstić information content (AvgIpc) is 2.93. The molecular weight excluding hydrogens is 299 g/mol. The molecule has 1 spiro atoms. The van der Waals surface area contributed by atoms with Gasteiger partial charge < -0.3 is 10.2 Å². The molecule has 0 saturated carbocycles. The van der Waals surface area contributed by atoms with Crippen molar-refractivity contribution in [3.05, 3.63) is 29.6 Å². The van der Waals surface area contributed by atoms with Gasteiger partial charge in [0.25, 0.3) is 0 Å². The average molecular weight is 333 g/mol. The summed E-state index contributed by atoms with van der Waals surface area (Å²) in [5.74, 6) is -0.0975. The second-order valence-electron chi connectivity index (χ2n) is 7.91. The number of fused-ring (bicyclic) bond motifs is 2. The zero-order valence-electron chi connectivity index (χ0n) is 15.4. The molecule has 0 radical (unpaired) electrons. The second-order valence-corrected chi connectivity index (χ2v) is 7.91. The first-order chi connectivity index (χ1) is 11.6. The summed E-state index contributed by atoms with van der Waals surface area (Å²) < 4.78 is 13.7. The molecule has 134 valence electrons. The molecule has 1 unspecified atom stereocenters. The Kier molecular flexibility index (Phi) is 5.80. The lowest BCUT2D eigenvalue weighted by atomic mass is 9.74. The normalized spacial score (nSPS) is 20.8. The first kappa shape index (κ1) is 17.7. The lowest BCUT2D eigenvalue weighted by Crippen LogP contribution is -2.47. The molecule has 0 aromatic heterocycles. The van der Waals surface area contributed by atoms with E-state index < -0.39 is 0 Å². The van der Waals surface area contributed by atoms with Gasteiger partial charge in [0.2, 0.25) is 0 Å². The van der Waals surface area contributed by atoms with Gasteiger partial charge in [0.1, 0.15) is 5.82 Å². The van der Waals surface area contributed by atoms with Crippen molar-refractivity contribution in [2.75, 3.05) is 25.0 Å². The summed E-state index contributed by atoms with van der Waals surface area (Å²) in [6, 6.07) is 5.93. The fourth-order valence-corrected chi connectivity index (χ4v) is 4.53. The van der Waals surface area contributed by atoms with E-state index in [1.54, 1.807) is 12.1 Å². The second kappa shape index (κ2) is 7.86. The van der Waals surface area contributed by atoms with Crippen LogP contribution in [0.4, 0.5) is 10.1 Å². The van der Waals surface area contributed by atoms with Crippen molar-refractivity contribution in [1.82, 2.24) is 4.90 Å². The van der Waals surface area contributed by atoms with Crippen molar-refractivity contribution < 1.29 is 4.39 Å². The lowest BCUT2D eigenvalue weighted by molar-refractivity contribution is 0.122. The van der Waals surface area contributed by atoms with Gasteiger partial charge in [0.05, 0.1) is 0 Å². The van der Waals surface area contributed by atoms with E-state index in [0.29, 0.717) is 6.04 Å². The van der Waals surface area contributed by atoms with Crippen molar-refractivity contribution >= 4 is 5.69 Å². The molecule has 1 saturated heterocycles. The highest BCUT2D eigenvalue weighted by atomic mass is 19.1. The third-order valence-corrected chi connectivity index (χ3v) is 6.27. The Bertz CT molecular complexity index is 535. The lowest BCUT2D eigenvalue weighted by Gasteiger charge is -2.42. The summed E-state index contributed by atoms with van der Waals surface area (Å²) >= 11 is 0. The van der Waals surface area contributed by atoms with Gasteiger partial charge in [-0.1, -0.05) is 39.0 Å². The molecule has 1 atom stereocenters. The maximum Gasteiger partial charge on any atom is 0.123 e. The van der Waals surface area contributed by atoms with Crippen LogP contribution >= 0.6 is 0 Å². The first-order valence-corrected chi connectivity index (χ1v) is 9.92. The minimum atomic E-state index is -0.0975.